The monoisotopic (exact) mass is 456 g/mol. The van der Waals surface area contributed by atoms with Crippen molar-refractivity contribution in [2.75, 3.05) is 0 Å². The molecule has 0 heteroatoms. The Balaban J connectivity index is 1.66. The summed E-state index contributed by atoms with van der Waals surface area (Å²) in [6.45, 7) is 24.4. The van der Waals surface area contributed by atoms with Crippen LogP contribution < -0.4 is 0 Å². The van der Waals surface area contributed by atoms with Crippen LogP contribution in [0.5, 0.6) is 0 Å². The highest BCUT2D eigenvalue weighted by molar-refractivity contribution is 5.87. The van der Waals surface area contributed by atoms with Crippen LogP contribution in [0.15, 0.2) is 113 Å². The lowest BCUT2D eigenvalue weighted by Gasteiger charge is -2.57. The Morgan fingerprint density at radius 2 is 1.14 bits per heavy atom. The van der Waals surface area contributed by atoms with Crippen LogP contribution in [-0.2, 0) is 0 Å². The van der Waals surface area contributed by atoms with E-state index < -0.39 is 0 Å². The maximum atomic E-state index is 2.66. The minimum Gasteiger partial charge on any atom is -0.0550 e. The number of hydrogen-bond donors (Lipinski definition) is 0. The average Bonchev–Trinajstić information content (AvgIpc) is 3.37. The lowest BCUT2D eigenvalue weighted by molar-refractivity contribution is 0.223. The molecular formula is C35H36. The van der Waals surface area contributed by atoms with Crippen LogP contribution in [0.2, 0.25) is 0 Å². The summed E-state index contributed by atoms with van der Waals surface area (Å²) in [7, 11) is 0. The van der Waals surface area contributed by atoms with Gasteiger partial charge in [-0.05, 0) is 142 Å². The van der Waals surface area contributed by atoms with Crippen LogP contribution >= 0.6 is 0 Å². The molecule has 0 saturated carbocycles. The Bertz CT molecular complexity index is 1610. The van der Waals surface area contributed by atoms with Gasteiger partial charge in [-0.25, -0.2) is 0 Å². The van der Waals surface area contributed by atoms with Gasteiger partial charge < -0.3 is 0 Å². The van der Waals surface area contributed by atoms with Gasteiger partial charge in [-0.2, -0.15) is 0 Å². The van der Waals surface area contributed by atoms with E-state index in [4.69, 9.17) is 0 Å². The fourth-order valence-corrected chi connectivity index (χ4v) is 9.43. The van der Waals surface area contributed by atoms with Gasteiger partial charge in [0.15, 0.2) is 0 Å². The van der Waals surface area contributed by atoms with E-state index in [0.717, 1.165) is 0 Å². The standard InChI is InChI=1S/C35H36/c1-15-16(2)22-12-24-18(4)20(6)26-14-28-32-27(33(7,8)34(28,9)10)13-25-19(5)17(3)23-11-21(15)29(22)35(32,30(23)25)31(24)26/h11-14,30-31H,1-10H3/t30-,31?,35?/m1/s1. The van der Waals surface area contributed by atoms with Crippen LogP contribution in [0.1, 0.15) is 69.2 Å². The van der Waals surface area contributed by atoms with Crippen LogP contribution in [0.3, 0.4) is 0 Å². The zero-order chi connectivity index (χ0) is 24.7. The summed E-state index contributed by atoms with van der Waals surface area (Å²) in [6, 6.07) is 0. The molecule has 0 nitrogen and oxygen atoms in total. The first-order chi connectivity index (χ1) is 16.4. The minimum atomic E-state index is -0.0141. The van der Waals surface area contributed by atoms with E-state index in [1.54, 1.807) is 44.6 Å². The van der Waals surface area contributed by atoms with Gasteiger partial charge in [0.05, 0.1) is 0 Å². The first-order valence-electron chi connectivity index (χ1n) is 13.5. The quantitative estimate of drug-likeness (QED) is 0.341. The molecule has 0 aliphatic heterocycles. The van der Waals surface area contributed by atoms with Crippen molar-refractivity contribution in [1.29, 1.82) is 0 Å². The number of hydrogen-bond acceptors (Lipinski definition) is 0. The molecule has 2 unspecified atom stereocenters. The lowest BCUT2D eigenvalue weighted by Crippen LogP contribution is -2.50. The van der Waals surface area contributed by atoms with Gasteiger partial charge in [-0.3, -0.25) is 0 Å². The van der Waals surface area contributed by atoms with Gasteiger partial charge in [0, 0.05) is 17.3 Å². The largest absolute Gasteiger partial charge is 0.0550 e. The van der Waals surface area contributed by atoms with E-state index in [2.05, 4.69) is 93.5 Å². The highest BCUT2D eigenvalue weighted by Crippen LogP contribution is 2.80. The van der Waals surface area contributed by atoms with Crippen LogP contribution in [-0.4, -0.2) is 0 Å². The molecule has 35 heavy (non-hydrogen) atoms. The summed E-state index contributed by atoms with van der Waals surface area (Å²) in [6.07, 6.45) is 10.5. The maximum Gasteiger partial charge on any atom is 0.0439 e. The lowest BCUT2D eigenvalue weighted by atomic mass is 9.44. The predicted octanol–water partition coefficient (Wildman–Crippen LogP) is 8.97. The second-order valence-corrected chi connectivity index (χ2v) is 13.5. The summed E-state index contributed by atoms with van der Waals surface area (Å²) in [5.41, 5.74) is 25.3. The van der Waals surface area contributed by atoms with E-state index in [-0.39, 0.29) is 16.2 Å². The maximum absolute atomic E-state index is 2.66. The highest BCUT2D eigenvalue weighted by Gasteiger charge is 2.70. The normalized spacial score (nSPS) is 36.3. The molecule has 1 spiro atoms. The molecule has 8 aliphatic rings. The van der Waals surface area contributed by atoms with E-state index in [0.29, 0.717) is 11.8 Å². The predicted molar refractivity (Wildman–Crippen MR) is 146 cm³/mol. The molecule has 0 fully saturated rings. The topological polar surface area (TPSA) is 0 Å². The smallest absolute Gasteiger partial charge is 0.0439 e. The van der Waals surface area contributed by atoms with Crippen molar-refractivity contribution in [3.05, 3.63) is 113 Å². The SMILES string of the molecule is CC1=C(C)C2=C3C1=CC1=C(C)C(C)=C4C=C5C6=C(C=C7C(C)=C(C)C(=C2)C7C36[C@H]14)C(C)(C)C5(C)C. The molecule has 176 valence electrons. The zero-order valence-corrected chi connectivity index (χ0v) is 23.0. The van der Waals surface area contributed by atoms with Gasteiger partial charge >= 0.3 is 0 Å². The fraction of sp³-hybridized carbons (Fsp3) is 0.429. The van der Waals surface area contributed by atoms with Gasteiger partial charge in [0.1, 0.15) is 0 Å². The van der Waals surface area contributed by atoms with Gasteiger partial charge in [0.2, 0.25) is 0 Å². The first kappa shape index (κ1) is 20.6. The van der Waals surface area contributed by atoms with Gasteiger partial charge in [-0.15, -0.1) is 0 Å². The van der Waals surface area contributed by atoms with Gasteiger partial charge in [-0.1, -0.05) is 52.0 Å². The van der Waals surface area contributed by atoms with Crippen LogP contribution in [0.4, 0.5) is 0 Å². The summed E-state index contributed by atoms with van der Waals surface area (Å²) >= 11 is 0. The molecule has 0 aromatic rings. The van der Waals surface area contributed by atoms with Crippen molar-refractivity contribution in [3.63, 3.8) is 0 Å². The Morgan fingerprint density at radius 1 is 0.543 bits per heavy atom. The van der Waals surface area contributed by atoms with Crippen molar-refractivity contribution in [1.82, 2.24) is 0 Å². The number of rotatable bonds is 0. The first-order valence-corrected chi connectivity index (χ1v) is 13.5. The molecule has 0 amide bonds. The summed E-state index contributed by atoms with van der Waals surface area (Å²) in [5, 5.41) is 0. The second-order valence-electron chi connectivity index (χ2n) is 13.5. The van der Waals surface area contributed by atoms with Gasteiger partial charge in [0.25, 0.3) is 0 Å². The zero-order valence-electron chi connectivity index (χ0n) is 23.0. The second kappa shape index (κ2) is 5.39. The summed E-state index contributed by atoms with van der Waals surface area (Å²) < 4.78 is 0. The number of allylic oxidation sites excluding steroid dienone is 20. The molecule has 0 saturated heterocycles. The Labute approximate surface area is 210 Å². The van der Waals surface area contributed by atoms with Crippen molar-refractivity contribution in [3.8, 4) is 0 Å². The van der Waals surface area contributed by atoms with E-state index >= 15 is 0 Å². The summed E-state index contributed by atoms with van der Waals surface area (Å²) in [4.78, 5) is 0. The third-order valence-electron chi connectivity index (χ3n) is 12.4. The Hall–Kier alpha value is -2.60. The van der Waals surface area contributed by atoms with E-state index in [1.165, 1.54) is 44.6 Å². The Kier molecular flexibility index (Phi) is 3.17. The molecule has 0 N–H and O–H groups in total. The third kappa shape index (κ3) is 1.70. The van der Waals surface area contributed by atoms with E-state index in [1.807, 2.05) is 0 Å². The minimum absolute atomic E-state index is 0.0141. The molecule has 3 atom stereocenters. The van der Waals surface area contributed by atoms with Crippen molar-refractivity contribution in [2.45, 2.75) is 69.2 Å². The molecule has 0 heterocycles. The highest BCUT2D eigenvalue weighted by atomic mass is 14.7. The molecule has 0 aromatic carbocycles. The molecule has 0 aromatic heterocycles. The van der Waals surface area contributed by atoms with Crippen molar-refractivity contribution in [2.24, 2.45) is 28.1 Å². The van der Waals surface area contributed by atoms with Crippen LogP contribution in [0.25, 0.3) is 0 Å². The van der Waals surface area contributed by atoms with Crippen molar-refractivity contribution < 1.29 is 0 Å². The summed E-state index contributed by atoms with van der Waals surface area (Å²) in [5.74, 6) is 0.869. The van der Waals surface area contributed by atoms with Crippen molar-refractivity contribution >= 4 is 0 Å². The molecule has 0 bridgehead atoms. The molecular weight excluding hydrogens is 420 g/mol. The molecule has 8 rings (SSSR count). The molecule has 0 radical (unpaired) electrons. The molecule has 8 aliphatic carbocycles. The van der Waals surface area contributed by atoms with Crippen LogP contribution in [0, 0.1) is 28.1 Å². The average molecular weight is 457 g/mol. The fourth-order valence-electron chi connectivity index (χ4n) is 9.43. The Morgan fingerprint density at radius 3 is 1.80 bits per heavy atom. The van der Waals surface area contributed by atoms with E-state index in [9.17, 15) is 0 Å². The third-order valence-corrected chi connectivity index (χ3v) is 12.4.